The maximum atomic E-state index is 2.81. The van der Waals surface area contributed by atoms with Gasteiger partial charge in [-0.15, -0.1) is 0 Å². The molecule has 288 valence electrons. The zero-order valence-corrected chi connectivity index (χ0v) is 33.3. The Morgan fingerprint density at radius 1 is 0.281 bits per heavy atom. The number of hydrogen-bond acceptors (Lipinski definition) is 3. The molecule has 7 rings (SSSR count). The molecule has 0 aliphatic heterocycles. The quantitative estimate of drug-likeness (QED) is 0.0725. The highest BCUT2D eigenvalue weighted by atomic mass is 15.3. The molecule has 0 aliphatic carbocycles. The molecule has 0 N–H and O–H groups in total. The number of nitrogens with zero attached hydrogens (tertiary/aromatic N) is 3. The van der Waals surface area contributed by atoms with E-state index in [1.807, 2.05) is 0 Å². The van der Waals surface area contributed by atoms with E-state index >= 15 is 0 Å². The monoisotopic (exact) mass is 747 g/mol. The molecular weight excluding hydrogens is 691 g/mol. The summed E-state index contributed by atoms with van der Waals surface area (Å²) in [4.78, 5) is 8.29. The molecule has 3 nitrogen and oxygen atoms in total. The van der Waals surface area contributed by atoms with Crippen molar-refractivity contribution in [2.75, 3.05) is 19.6 Å². The van der Waals surface area contributed by atoms with Crippen LogP contribution >= 0.6 is 0 Å². The Kier molecular flexibility index (Phi) is 15.1. The molecule has 0 amide bonds. The third-order valence-corrected chi connectivity index (χ3v) is 11.1. The molecule has 0 bridgehead atoms. The zero-order chi connectivity index (χ0) is 38.7. The minimum atomic E-state index is 0.276. The van der Waals surface area contributed by atoms with Crippen molar-refractivity contribution in [1.82, 2.24) is 14.7 Å². The van der Waals surface area contributed by atoms with Gasteiger partial charge in [-0.05, 0) is 58.2 Å². The SMILES string of the molecule is c1ccc(CCN(CC(Cc2ccccc2)N(Cc2ccccc2)Cc2ccccc2)CC(Cc2ccccc2)N(Cc2ccccc2)Cc2ccccc2)cc1. The van der Waals surface area contributed by atoms with Crippen molar-refractivity contribution >= 4 is 0 Å². The van der Waals surface area contributed by atoms with Crippen molar-refractivity contribution in [1.29, 1.82) is 0 Å². The molecule has 2 unspecified atom stereocenters. The van der Waals surface area contributed by atoms with E-state index in [9.17, 15) is 0 Å². The summed E-state index contributed by atoms with van der Waals surface area (Å²) < 4.78 is 0. The van der Waals surface area contributed by atoms with Crippen LogP contribution in [0.5, 0.6) is 0 Å². The van der Waals surface area contributed by atoms with E-state index in [1.54, 1.807) is 0 Å². The summed E-state index contributed by atoms with van der Waals surface area (Å²) in [7, 11) is 0. The molecule has 7 aromatic carbocycles. The number of benzene rings is 7. The van der Waals surface area contributed by atoms with Gasteiger partial charge in [0.1, 0.15) is 0 Å². The highest BCUT2D eigenvalue weighted by Crippen LogP contribution is 2.22. The van der Waals surface area contributed by atoms with Crippen LogP contribution in [0.4, 0.5) is 0 Å². The van der Waals surface area contributed by atoms with Gasteiger partial charge in [0.15, 0.2) is 0 Å². The van der Waals surface area contributed by atoms with E-state index in [4.69, 9.17) is 0 Å². The van der Waals surface area contributed by atoms with Gasteiger partial charge in [0.05, 0.1) is 0 Å². The van der Waals surface area contributed by atoms with E-state index in [-0.39, 0.29) is 12.1 Å². The molecule has 0 fully saturated rings. The van der Waals surface area contributed by atoms with E-state index < -0.39 is 0 Å². The summed E-state index contributed by atoms with van der Waals surface area (Å²) in [5.74, 6) is 0. The molecule has 0 aromatic heterocycles. The van der Waals surface area contributed by atoms with Crippen LogP contribution in [0.3, 0.4) is 0 Å². The van der Waals surface area contributed by atoms with Gasteiger partial charge >= 0.3 is 0 Å². The van der Waals surface area contributed by atoms with Crippen LogP contribution in [-0.4, -0.2) is 46.4 Å². The molecule has 0 heterocycles. The predicted molar refractivity (Wildman–Crippen MR) is 239 cm³/mol. The Labute approximate surface area is 341 Å². The van der Waals surface area contributed by atoms with Crippen LogP contribution < -0.4 is 0 Å². The summed E-state index contributed by atoms with van der Waals surface area (Å²) in [6, 6.07) is 78.1. The van der Waals surface area contributed by atoms with E-state index in [0.717, 1.165) is 65.1 Å². The fourth-order valence-electron chi connectivity index (χ4n) is 8.08. The Morgan fingerprint density at radius 3 is 0.807 bits per heavy atom. The summed E-state index contributed by atoms with van der Waals surface area (Å²) in [5.41, 5.74) is 9.54. The molecule has 0 aliphatic rings. The molecule has 2 atom stereocenters. The molecule has 57 heavy (non-hydrogen) atoms. The first kappa shape index (κ1) is 39.6. The lowest BCUT2D eigenvalue weighted by molar-refractivity contribution is 0.0867. The standard InChI is InChI=1S/C54H57N3/c1-8-22-46(23-9-1)36-37-55(44-53(38-47-24-10-2-11-25-47)56(40-49-28-14-4-15-29-49)41-50-30-16-5-17-31-50)45-54(39-48-26-12-3-13-27-48)57(42-51-32-18-6-19-33-51)43-52-34-20-7-21-35-52/h1-35,53-54H,36-45H2. The van der Waals surface area contributed by atoms with Crippen LogP contribution in [-0.2, 0) is 45.4 Å². The van der Waals surface area contributed by atoms with E-state index in [1.165, 1.54) is 38.9 Å². The first-order valence-electron chi connectivity index (χ1n) is 20.7. The maximum absolute atomic E-state index is 2.81. The van der Waals surface area contributed by atoms with Gasteiger partial charge in [-0.1, -0.05) is 212 Å². The third-order valence-electron chi connectivity index (χ3n) is 11.1. The van der Waals surface area contributed by atoms with Gasteiger partial charge in [0, 0.05) is 57.9 Å². The summed E-state index contributed by atoms with van der Waals surface area (Å²) >= 11 is 0. The lowest BCUT2D eigenvalue weighted by atomic mass is 9.99. The second-order valence-electron chi connectivity index (χ2n) is 15.4. The topological polar surface area (TPSA) is 9.72 Å². The Hall–Kier alpha value is -5.58. The van der Waals surface area contributed by atoms with Gasteiger partial charge in [-0.3, -0.25) is 14.7 Å². The maximum Gasteiger partial charge on any atom is 0.0270 e. The zero-order valence-electron chi connectivity index (χ0n) is 33.3. The normalized spacial score (nSPS) is 12.5. The Balaban J connectivity index is 1.27. The molecule has 0 saturated heterocycles. The third kappa shape index (κ3) is 13.0. The van der Waals surface area contributed by atoms with Gasteiger partial charge < -0.3 is 0 Å². The molecule has 0 radical (unpaired) electrons. The smallest absolute Gasteiger partial charge is 0.0270 e. The van der Waals surface area contributed by atoms with Gasteiger partial charge in [0.2, 0.25) is 0 Å². The lowest BCUT2D eigenvalue weighted by Crippen LogP contribution is -2.50. The lowest BCUT2D eigenvalue weighted by Gasteiger charge is -2.40. The Bertz CT molecular complexity index is 1880. The van der Waals surface area contributed by atoms with Crippen molar-refractivity contribution in [3.8, 4) is 0 Å². The summed E-state index contributed by atoms with van der Waals surface area (Å²) in [6.07, 6.45) is 2.96. The fraction of sp³-hybridized carbons (Fsp3) is 0.222. The van der Waals surface area contributed by atoms with Crippen molar-refractivity contribution in [2.24, 2.45) is 0 Å². The fourth-order valence-corrected chi connectivity index (χ4v) is 8.08. The van der Waals surface area contributed by atoms with Crippen molar-refractivity contribution in [3.05, 3.63) is 251 Å². The van der Waals surface area contributed by atoms with Crippen LogP contribution in [0, 0.1) is 0 Å². The van der Waals surface area contributed by atoms with Crippen LogP contribution in [0.1, 0.15) is 38.9 Å². The summed E-state index contributed by atoms with van der Waals surface area (Å²) in [6.45, 7) is 6.45. The minimum absolute atomic E-state index is 0.276. The van der Waals surface area contributed by atoms with Crippen LogP contribution in [0.2, 0.25) is 0 Å². The molecule has 3 heteroatoms. The molecule has 7 aromatic rings. The molecule has 0 spiro atoms. The molecular formula is C54H57N3. The first-order chi connectivity index (χ1) is 28.2. The van der Waals surface area contributed by atoms with Gasteiger partial charge in [0.25, 0.3) is 0 Å². The average molecular weight is 748 g/mol. The van der Waals surface area contributed by atoms with E-state index in [2.05, 4.69) is 227 Å². The number of rotatable bonds is 21. The van der Waals surface area contributed by atoms with Crippen molar-refractivity contribution in [2.45, 2.75) is 57.5 Å². The van der Waals surface area contributed by atoms with Crippen molar-refractivity contribution < 1.29 is 0 Å². The molecule has 0 saturated carbocycles. The van der Waals surface area contributed by atoms with Crippen LogP contribution in [0.15, 0.2) is 212 Å². The predicted octanol–water partition coefficient (Wildman–Crippen LogP) is 11.2. The second-order valence-corrected chi connectivity index (χ2v) is 15.4. The van der Waals surface area contributed by atoms with Crippen LogP contribution in [0.25, 0.3) is 0 Å². The highest BCUT2D eigenvalue weighted by Gasteiger charge is 2.27. The number of hydrogen-bond donors (Lipinski definition) is 0. The first-order valence-corrected chi connectivity index (χ1v) is 20.7. The highest BCUT2D eigenvalue weighted by molar-refractivity contribution is 5.23. The van der Waals surface area contributed by atoms with Gasteiger partial charge in [-0.25, -0.2) is 0 Å². The van der Waals surface area contributed by atoms with Gasteiger partial charge in [-0.2, -0.15) is 0 Å². The summed E-state index contributed by atoms with van der Waals surface area (Å²) in [5, 5.41) is 0. The largest absolute Gasteiger partial charge is 0.300 e. The Morgan fingerprint density at radius 2 is 0.526 bits per heavy atom. The van der Waals surface area contributed by atoms with E-state index in [0.29, 0.717) is 0 Å². The second kappa shape index (κ2) is 21.6. The average Bonchev–Trinajstić information content (AvgIpc) is 3.27. The minimum Gasteiger partial charge on any atom is -0.300 e. The van der Waals surface area contributed by atoms with Crippen molar-refractivity contribution in [3.63, 3.8) is 0 Å².